The van der Waals surface area contributed by atoms with Crippen LogP contribution in [0.5, 0.6) is 0 Å². The second-order valence-corrected chi connectivity index (χ2v) is 12.4. The van der Waals surface area contributed by atoms with E-state index in [1.54, 1.807) is 12.4 Å². The maximum atomic E-state index is 5.21. The number of hydrogen-bond donors (Lipinski definition) is 0. The molecule has 0 saturated carbocycles. The minimum Gasteiger partial charge on any atom is -0.317 e. The van der Waals surface area contributed by atoms with Crippen molar-refractivity contribution in [3.8, 4) is 45.4 Å². The molecule has 0 unspecified atom stereocenters. The Hall–Kier alpha value is -6.92. The second kappa shape index (κ2) is 11.4. The summed E-state index contributed by atoms with van der Waals surface area (Å²) in [4.78, 5) is 19.1. The van der Waals surface area contributed by atoms with Gasteiger partial charge in [-0.05, 0) is 60.7 Å². The standard InChI is InChI=1S/C44H28N6/c1-2-11-32(12-3-1)49-27-24-36-38(49)22-23-40-41(36)35-15-5-7-17-39(35)50(40)33-13-8-10-31(28-33)44-47-37-16-6-4-14-34(37)42(48-44)29-18-20-30(21-19-29)43-45-25-9-26-46-43/h1-28H. The van der Waals surface area contributed by atoms with E-state index < -0.39 is 0 Å². The van der Waals surface area contributed by atoms with Crippen LogP contribution >= 0.6 is 0 Å². The van der Waals surface area contributed by atoms with Crippen molar-refractivity contribution in [2.45, 2.75) is 0 Å². The third kappa shape index (κ3) is 4.50. The van der Waals surface area contributed by atoms with Crippen LogP contribution in [-0.4, -0.2) is 29.1 Å². The van der Waals surface area contributed by atoms with Gasteiger partial charge in [-0.3, -0.25) is 0 Å². The van der Waals surface area contributed by atoms with E-state index in [0.717, 1.165) is 55.7 Å². The highest BCUT2D eigenvalue weighted by atomic mass is 15.0. The zero-order chi connectivity index (χ0) is 33.0. The lowest BCUT2D eigenvalue weighted by atomic mass is 10.0. The molecule has 0 atom stereocenters. The summed E-state index contributed by atoms with van der Waals surface area (Å²) in [6, 6.07) is 52.8. The Labute approximate surface area is 287 Å². The van der Waals surface area contributed by atoms with Crippen molar-refractivity contribution in [1.82, 2.24) is 29.1 Å². The monoisotopic (exact) mass is 640 g/mol. The fraction of sp³-hybridized carbons (Fsp3) is 0. The molecule has 0 aliphatic heterocycles. The molecule has 6 heteroatoms. The Kier molecular flexibility index (Phi) is 6.39. The molecule has 10 rings (SSSR count). The largest absolute Gasteiger partial charge is 0.317 e. The lowest BCUT2D eigenvalue weighted by molar-refractivity contribution is 1.13. The maximum Gasteiger partial charge on any atom is 0.160 e. The van der Waals surface area contributed by atoms with Crippen molar-refractivity contribution >= 4 is 43.6 Å². The lowest BCUT2D eigenvalue weighted by Crippen LogP contribution is -1.98. The van der Waals surface area contributed by atoms with Gasteiger partial charge in [0.1, 0.15) is 0 Å². The summed E-state index contributed by atoms with van der Waals surface area (Å²) in [7, 11) is 0. The van der Waals surface area contributed by atoms with Gasteiger partial charge in [-0.15, -0.1) is 0 Å². The van der Waals surface area contributed by atoms with Crippen molar-refractivity contribution in [3.63, 3.8) is 0 Å². The molecule has 0 bridgehead atoms. The van der Waals surface area contributed by atoms with Crippen LogP contribution in [-0.2, 0) is 0 Å². The Balaban J connectivity index is 1.12. The Morgan fingerprint density at radius 3 is 1.98 bits per heavy atom. The minimum absolute atomic E-state index is 0.680. The fourth-order valence-electron chi connectivity index (χ4n) is 7.21. The van der Waals surface area contributed by atoms with Gasteiger partial charge >= 0.3 is 0 Å². The summed E-state index contributed by atoms with van der Waals surface area (Å²) in [6.45, 7) is 0. The predicted octanol–water partition coefficient (Wildman–Crippen LogP) is 10.5. The van der Waals surface area contributed by atoms with Crippen LogP contribution in [0.4, 0.5) is 0 Å². The molecule has 50 heavy (non-hydrogen) atoms. The molecule has 234 valence electrons. The molecule has 6 nitrogen and oxygen atoms in total. The molecule has 0 aliphatic carbocycles. The van der Waals surface area contributed by atoms with Crippen LogP contribution in [0.3, 0.4) is 0 Å². The van der Waals surface area contributed by atoms with Gasteiger partial charge in [0.15, 0.2) is 11.6 Å². The first-order valence-electron chi connectivity index (χ1n) is 16.6. The van der Waals surface area contributed by atoms with Crippen molar-refractivity contribution in [1.29, 1.82) is 0 Å². The van der Waals surface area contributed by atoms with E-state index in [0.29, 0.717) is 11.6 Å². The normalized spacial score (nSPS) is 11.6. The van der Waals surface area contributed by atoms with Crippen molar-refractivity contribution in [2.75, 3.05) is 0 Å². The summed E-state index contributed by atoms with van der Waals surface area (Å²) < 4.78 is 4.62. The molecule has 4 heterocycles. The van der Waals surface area contributed by atoms with Gasteiger partial charge in [-0.1, -0.05) is 91.0 Å². The Morgan fingerprint density at radius 2 is 1.12 bits per heavy atom. The van der Waals surface area contributed by atoms with Gasteiger partial charge in [0.25, 0.3) is 0 Å². The molecule has 0 amide bonds. The number of fused-ring (bicyclic) bond motifs is 6. The van der Waals surface area contributed by atoms with Crippen molar-refractivity contribution in [2.24, 2.45) is 0 Å². The third-order valence-corrected chi connectivity index (χ3v) is 9.49. The molecular formula is C44H28N6. The molecule has 0 fully saturated rings. The molecule has 0 spiro atoms. The van der Waals surface area contributed by atoms with Gasteiger partial charge in [0.05, 0.1) is 27.8 Å². The van der Waals surface area contributed by atoms with Gasteiger partial charge in [0.2, 0.25) is 0 Å². The maximum absolute atomic E-state index is 5.21. The zero-order valence-electron chi connectivity index (χ0n) is 26.8. The summed E-state index contributed by atoms with van der Waals surface area (Å²) in [6.07, 6.45) is 5.69. The molecule has 0 radical (unpaired) electrons. The van der Waals surface area contributed by atoms with E-state index in [1.165, 1.54) is 21.7 Å². The lowest BCUT2D eigenvalue weighted by Gasteiger charge is -2.12. The average Bonchev–Trinajstić information content (AvgIpc) is 3.78. The SMILES string of the molecule is c1ccc(-n2ccc3c4c5ccccc5n(-c5cccc(-c6nc(-c7ccc(-c8ncccn8)cc7)c7ccccc7n6)c5)c4ccc32)cc1. The summed E-state index contributed by atoms with van der Waals surface area (Å²) in [5.41, 5.74) is 10.4. The second-order valence-electron chi connectivity index (χ2n) is 12.4. The Morgan fingerprint density at radius 1 is 0.420 bits per heavy atom. The summed E-state index contributed by atoms with van der Waals surface area (Å²) in [5.74, 6) is 1.38. The van der Waals surface area contributed by atoms with Crippen LogP contribution in [0.15, 0.2) is 170 Å². The quantitative estimate of drug-likeness (QED) is 0.188. The molecular weight excluding hydrogens is 613 g/mol. The smallest absolute Gasteiger partial charge is 0.160 e. The number of rotatable bonds is 5. The van der Waals surface area contributed by atoms with Crippen LogP contribution < -0.4 is 0 Å². The highest BCUT2D eigenvalue weighted by molar-refractivity contribution is 6.21. The van der Waals surface area contributed by atoms with Crippen LogP contribution in [0, 0.1) is 0 Å². The molecule has 6 aromatic carbocycles. The number of nitrogens with zero attached hydrogens (tertiary/aromatic N) is 6. The molecule has 0 saturated heterocycles. The van der Waals surface area contributed by atoms with E-state index in [-0.39, 0.29) is 0 Å². The van der Waals surface area contributed by atoms with E-state index in [4.69, 9.17) is 9.97 Å². The fourth-order valence-corrected chi connectivity index (χ4v) is 7.21. The number of hydrogen-bond acceptors (Lipinski definition) is 4. The Bertz CT molecular complexity index is 2850. The first-order chi connectivity index (χ1) is 24.8. The number of benzene rings is 6. The average molecular weight is 641 g/mol. The summed E-state index contributed by atoms with van der Waals surface area (Å²) >= 11 is 0. The first-order valence-corrected chi connectivity index (χ1v) is 16.6. The number of aromatic nitrogens is 6. The first kappa shape index (κ1) is 28.1. The molecule has 10 aromatic rings. The summed E-state index contributed by atoms with van der Waals surface area (Å²) in [5, 5.41) is 4.69. The molecule has 0 aliphatic rings. The highest BCUT2D eigenvalue weighted by Crippen LogP contribution is 2.39. The predicted molar refractivity (Wildman–Crippen MR) is 203 cm³/mol. The zero-order valence-corrected chi connectivity index (χ0v) is 26.8. The van der Waals surface area contributed by atoms with E-state index in [9.17, 15) is 0 Å². The van der Waals surface area contributed by atoms with Gasteiger partial charge in [-0.25, -0.2) is 19.9 Å². The molecule has 0 N–H and O–H groups in total. The topological polar surface area (TPSA) is 61.4 Å². The van der Waals surface area contributed by atoms with Crippen LogP contribution in [0.1, 0.15) is 0 Å². The van der Waals surface area contributed by atoms with Gasteiger partial charge in [0, 0.05) is 68.2 Å². The molecule has 4 aromatic heterocycles. The highest BCUT2D eigenvalue weighted by Gasteiger charge is 2.18. The third-order valence-electron chi connectivity index (χ3n) is 9.49. The van der Waals surface area contributed by atoms with Crippen LogP contribution in [0.25, 0.3) is 89.0 Å². The minimum atomic E-state index is 0.680. The van der Waals surface area contributed by atoms with Crippen LogP contribution in [0.2, 0.25) is 0 Å². The van der Waals surface area contributed by atoms with Gasteiger partial charge < -0.3 is 9.13 Å². The van der Waals surface area contributed by atoms with Crippen molar-refractivity contribution < 1.29 is 0 Å². The van der Waals surface area contributed by atoms with E-state index >= 15 is 0 Å². The van der Waals surface area contributed by atoms with Crippen molar-refractivity contribution in [3.05, 3.63) is 170 Å². The van der Waals surface area contributed by atoms with Gasteiger partial charge in [-0.2, -0.15) is 0 Å². The van der Waals surface area contributed by atoms with E-state index in [1.807, 2.05) is 18.2 Å². The number of para-hydroxylation sites is 3. The van der Waals surface area contributed by atoms with E-state index in [2.05, 4.69) is 159 Å².